The van der Waals surface area contributed by atoms with Gasteiger partial charge in [-0.2, -0.15) is 0 Å². The van der Waals surface area contributed by atoms with Crippen LogP contribution in [0.1, 0.15) is 12.0 Å². The van der Waals surface area contributed by atoms with E-state index in [1.165, 1.54) is 0 Å². The molecule has 0 aliphatic carbocycles. The van der Waals surface area contributed by atoms with Gasteiger partial charge in [-0.25, -0.2) is 0 Å². The van der Waals surface area contributed by atoms with Gasteiger partial charge in [0.25, 0.3) is 0 Å². The molecule has 0 amide bonds. The smallest absolute Gasteiger partial charge is 0.321 e. The van der Waals surface area contributed by atoms with E-state index in [0.717, 1.165) is 5.56 Å². The molecule has 2 unspecified atom stereocenters. The second-order valence-corrected chi connectivity index (χ2v) is 5.37. The first kappa shape index (κ1) is 32.1. The van der Waals surface area contributed by atoms with Gasteiger partial charge in [0, 0.05) is 0 Å². The molecule has 0 saturated heterocycles. The molecular formula is C17H28N4O10. The lowest BCUT2D eigenvalue weighted by molar-refractivity contribution is -0.144. The predicted octanol–water partition coefficient (Wildman–Crippen LogP) is -2.43. The van der Waals surface area contributed by atoms with Gasteiger partial charge in [-0.15, -0.1) is 0 Å². The van der Waals surface area contributed by atoms with Crippen molar-refractivity contribution < 1.29 is 49.5 Å². The Hall–Kier alpha value is -3.59. The van der Waals surface area contributed by atoms with Crippen LogP contribution >= 0.6 is 0 Å². The fourth-order valence-electron chi connectivity index (χ4n) is 1.23. The highest BCUT2D eigenvalue weighted by Crippen LogP contribution is 2.01. The number of hydrogen-bond donors (Lipinski definition) is 9. The maximum absolute atomic E-state index is 10.4. The Morgan fingerprint density at radius 2 is 1.03 bits per heavy atom. The molecule has 0 heterocycles. The number of carboxylic acids is 5. The van der Waals surface area contributed by atoms with E-state index in [9.17, 15) is 24.0 Å². The van der Waals surface area contributed by atoms with E-state index in [1.54, 1.807) is 0 Å². The standard InChI is InChI=1S/C9H11NO2.C4H7NO4.2C2H5NO2/c10-8(9(11)12)6-7-4-2-1-3-5-7;5-2(4(8)9)1-3(6)7;2*3-1-2(4)5/h1-5,8H,6,10H2,(H,11,12);2H,1,5H2,(H,6,7)(H,8,9);2*1,3H2,(H,4,5). The van der Waals surface area contributed by atoms with Crippen LogP contribution in [0.3, 0.4) is 0 Å². The van der Waals surface area contributed by atoms with Crippen molar-refractivity contribution >= 4 is 29.8 Å². The highest BCUT2D eigenvalue weighted by Gasteiger charge is 2.14. The largest absolute Gasteiger partial charge is 0.481 e. The first-order valence-electron chi connectivity index (χ1n) is 8.34. The molecule has 0 aliphatic rings. The fourth-order valence-corrected chi connectivity index (χ4v) is 1.23. The molecule has 0 fully saturated rings. The summed E-state index contributed by atoms with van der Waals surface area (Å²) < 4.78 is 0. The number of rotatable bonds is 8. The summed E-state index contributed by atoms with van der Waals surface area (Å²) in [6.07, 6.45) is -0.147. The van der Waals surface area contributed by atoms with Crippen LogP contribution in [0.25, 0.3) is 0 Å². The van der Waals surface area contributed by atoms with E-state index in [2.05, 4.69) is 11.5 Å². The Kier molecular flexibility index (Phi) is 20.4. The first-order valence-corrected chi connectivity index (χ1v) is 8.34. The van der Waals surface area contributed by atoms with E-state index in [0.29, 0.717) is 6.42 Å². The molecule has 31 heavy (non-hydrogen) atoms. The summed E-state index contributed by atoms with van der Waals surface area (Å²) in [5.74, 6) is -5.39. The third-order valence-corrected chi connectivity index (χ3v) is 2.68. The van der Waals surface area contributed by atoms with Crippen molar-refractivity contribution in [1.29, 1.82) is 0 Å². The van der Waals surface area contributed by atoms with E-state index in [4.69, 9.17) is 37.0 Å². The third kappa shape index (κ3) is 26.4. The molecule has 1 aromatic carbocycles. The van der Waals surface area contributed by atoms with Gasteiger partial charge in [-0.1, -0.05) is 30.3 Å². The van der Waals surface area contributed by atoms with Crippen molar-refractivity contribution in [1.82, 2.24) is 0 Å². The molecule has 0 saturated carbocycles. The molecule has 14 nitrogen and oxygen atoms in total. The molecule has 176 valence electrons. The Bertz CT molecular complexity index is 671. The molecule has 0 bridgehead atoms. The SMILES string of the molecule is NC(CC(=O)O)C(=O)O.NC(Cc1ccccc1)C(=O)O.NCC(=O)O.NCC(=O)O. The number of benzene rings is 1. The van der Waals surface area contributed by atoms with Crippen molar-refractivity contribution in [2.75, 3.05) is 13.1 Å². The molecule has 1 aromatic rings. The van der Waals surface area contributed by atoms with Crippen molar-refractivity contribution in [3.05, 3.63) is 35.9 Å². The minimum absolute atomic E-state index is 0.278. The third-order valence-electron chi connectivity index (χ3n) is 2.68. The van der Waals surface area contributed by atoms with Gasteiger partial charge in [-0.3, -0.25) is 24.0 Å². The van der Waals surface area contributed by atoms with E-state index < -0.39 is 48.4 Å². The maximum atomic E-state index is 10.4. The summed E-state index contributed by atoms with van der Waals surface area (Å²) in [5.41, 5.74) is 20.3. The molecule has 0 radical (unpaired) electrons. The molecule has 1 rings (SSSR count). The molecule has 2 atom stereocenters. The highest BCUT2D eigenvalue weighted by atomic mass is 16.4. The summed E-state index contributed by atoms with van der Waals surface area (Å²) in [7, 11) is 0. The van der Waals surface area contributed by atoms with Crippen LogP contribution in [0.2, 0.25) is 0 Å². The lowest BCUT2D eigenvalue weighted by atomic mass is 10.1. The average Bonchev–Trinajstić information content (AvgIpc) is 2.69. The zero-order chi connectivity index (χ0) is 25.0. The average molecular weight is 448 g/mol. The van der Waals surface area contributed by atoms with Gasteiger partial charge in [0.2, 0.25) is 0 Å². The van der Waals surface area contributed by atoms with Crippen molar-refractivity contribution in [3.8, 4) is 0 Å². The summed E-state index contributed by atoms with van der Waals surface area (Å²) in [6, 6.07) is 7.25. The van der Waals surface area contributed by atoms with Crippen LogP contribution in [-0.4, -0.2) is 80.6 Å². The van der Waals surface area contributed by atoms with Crippen molar-refractivity contribution in [2.45, 2.75) is 24.9 Å². The maximum Gasteiger partial charge on any atom is 0.321 e. The van der Waals surface area contributed by atoms with Gasteiger partial charge < -0.3 is 48.5 Å². The van der Waals surface area contributed by atoms with Crippen LogP contribution < -0.4 is 22.9 Å². The fraction of sp³-hybridized carbons (Fsp3) is 0.353. The normalized spacial score (nSPS) is 10.8. The van der Waals surface area contributed by atoms with Crippen LogP contribution in [0.4, 0.5) is 0 Å². The summed E-state index contributed by atoms with van der Waals surface area (Å²) in [4.78, 5) is 48.5. The second kappa shape index (κ2) is 19.7. The zero-order valence-corrected chi connectivity index (χ0v) is 16.5. The van der Waals surface area contributed by atoms with Crippen LogP contribution in [0.15, 0.2) is 30.3 Å². The second-order valence-electron chi connectivity index (χ2n) is 5.37. The molecule has 0 aromatic heterocycles. The number of aliphatic carboxylic acids is 5. The van der Waals surface area contributed by atoms with Crippen molar-refractivity contribution in [3.63, 3.8) is 0 Å². The quantitative estimate of drug-likeness (QED) is 0.200. The predicted molar refractivity (Wildman–Crippen MR) is 107 cm³/mol. The molecule has 0 aliphatic heterocycles. The molecule has 13 N–H and O–H groups in total. The van der Waals surface area contributed by atoms with Gasteiger partial charge in [-0.05, 0) is 12.0 Å². The Morgan fingerprint density at radius 3 is 1.26 bits per heavy atom. The van der Waals surface area contributed by atoms with E-state index in [1.807, 2.05) is 30.3 Å². The molecule has 0 spiro atoms. The minimum atomic E-state index is -1.29. The van der Waals surface area contributed by atoms with Gasteiger partial charge in [0.05, 0.1) is 19.5 Å². The van der Waals surface area contributed by atoms with Crippen LogP contribution in [-0.2, 0) is 30.4 Å². The van der Waals surface area contributed by atoms with Crippen molar-refractivity contribution in [2.24, 2.45) is 22.9 Å². The highest BCUT2D eigenvalue weighted by molar-refractivity contribution is 5.80. The number of carboxylic acid groups (broad SMARTS) is 5. The topological polar surface area (TPSA) is 291 Å². The summed E-state index contributed by atoms with van der Waals surface area (Å²) >= 11 is 0. The van der Waals surface area contributed by atoms with Gasteiger partial charge in [0.1, 0.15) is 12.1 Å². The van der Waals surface area contributed by atoms with Crippen LogP contribution in [0, 0.1) is 0 Å². The zero-order valence-electron chi connectivity index (χ0n) is 16.5. The number of nitrogens with two attached hydrogens (primary N) is 4. The number of carbonyl (C=O) groups is 5. The van der Waals surface area contributed by atoms with Gasteiger partial charge >= 0.3 is 29.8 Å². The van der Waals surface area contributed by atoms with Gasteiger partial charge in [0.15, 0.2) is 0 Å². The minimum Gasteiger partial charge on any atom is -0.481 e. The summed E-state index contributed by atoms with van der Waals surface area (Å²) in [6.45, 7) is -0.556. The lowest BCUT2D eigenvalue weighted by Gasteiger charge is -2.04. The monoisotopic (exact) mass is 448 g/mol. The Labute approximate surface area is 177 Å². The lowest BCUT2D eigenvalue weighted by Crippen LogP contribution is -2.32. The summed E-state index contributed by atoms with van der Waals surface area (Å²) in [5, 5.41) is 39.7. The Balaban J connectivity index is -0.000000365. The Morgan fingerprint density at radius 1 is 0.677 bits per heavy atom. The first-order chi connectivity index (χ1) is 14.3. The van der Waals surface area contributed by atoms with Crippen LogP contribution in [0.5, 0.6) is 0 Å². The molecule has 14 heteroatoms. The van der Waals surface area contributed by atoms with E-state index in [-0.39, 0.29) is 13.1 Å². The molecular weight excluding hydrogens is 420 g/mol. The number of hydrogen-bond acceptors (Lipinski definition) is 9. The van der Waals surface area contributed by atoms with E-state index >= 15 is 0 Å².